The average Bonchev–Trinajstić information content (AvgIpc) is 4.09. The first-order valence-electron chi connectivity index (χ1n) is 25.3. The standard InChI is InChI=1S/C52H61FN12O5/c1-33(66)61-15-9-43-41(31-61)50(56-65(43)36-10-23-70-24-11-36)63-22-17-57(2)45-26-39(42(53)28-46(45)63)40-27-48-54-12-16-62(48)32-47(40)60-20-18-58(19-21-60)29-34-7-13-59(14-8-34)37-3-4-38-35(25-37)30-64(52(38)69)44-5-6-49(67)55-51(44)68/h3-4,12,16,25-28,32,34,36,44H,5-11,13-15,17-24,29-31H2,1-2H3,(H,55,67,68). The molecule has 10 heterocycles. The number of pyridine rings is 1. The Morgan fingerprint density at radius 1 is 0.814 bits per heavy atom. The molecule has 2 aromatic carbocycles. The zero-order valence-electron chi connectivity index (χ0n) is 40.1. The van der Waals surface area contributed by atoms with E-state index in [1.807, 2.05) is 39.8 Å². The van der Waals surface area contributed by atoms with Crippen molar-refractivity contribution in [3.63, 3.8) is 0 Å². The van der Waals surface area contributed by atoms with Gasteiger partial charge in [0.2, 0.25) is 17.7 Å². The van der Waals surface area contributed by atoms with Gasteiger partial charge in [-0.25, -0.2) is 9.37 Å². The van der Waals surface area contributed by atoms with Crippen LogP contribution in [0.15, 0.2) is 55.0 Å². The van der Waals surface area contributed by atoms with E-state index in [1.54, 1.807) is 24.1 Å². The lowest BCUT2D eigenvalue weighted by Crippen LogP contribution is -2.52. The number of fused-ring (bicyclic) bond motifs is 4. The first kappa shape index (κ1) is 44.7. The molecule has 17 nitrogen and oxygen atoms in total. The number of hydrogen-bond acceptors (Lipinski definition) is 12. The number of rotatable bonds is 8. The molecule has 0 aliphatic carbocycles. The van der Waals surface area contributed by atoms with E-state index in [1.165, 1.54) is 5.69 Å². The SMILES string of the molecule is CC(=O)N1CCc2c(c(N3CCN(C)c4cc(-c5cc6nccn6cc5N5CCN(CC6CCN(c7ccc8c(c7)CN(C7CCC(=O)NC7=O)C8=O)CC6)CC5)c(F)cc43)nn2C2CCOCC2)C1. The van der Waals surface area contributed by atoms with Crippen LogP contribution in [-0.4, -0.2) is 149 Å². The number of amides is 4. The highest BCUT2D eigenvalue weighted by atomic mass is 19.1. The van der Waals surface area contributed by atoms with Gasteiger partial charge in [0.15, 0.2) is 5.82 Å². The normalized spacial score (nSPS) is 21.7. The van der Waals surface area contributed by atoms with Crippen molar-refractivity contribution in [1.29, 1.82) is 0 Å². The van der Waals surface area contributed by atoms with E-state index in [0.717, 1.165) is 135 Å². The van der Waals surface area contributed by atoms with Gasteiger partial charge in [0, 0.05) is 170 Å². The largest absolute Gasteiger partial charge is 0.381 e. The molecule has 0 bridgehead atoms. The molecule has 7 aliphatic rings. The maximum absolute atomic E-state index is 17.2. The highest BCUT2D eigenvalue weighted by Gasteiger charge is 2.40. The fraction of sp³-hybridized carbons (Fsp3) is 0.500. The van der Waals surface area contributed by atoms with Crippen molar-refractivity contribution < 1.29 is 28.3 Å². The Bertz CT molecular complexity index is 2890. The van der Waals surface area contributed by atoms with Crippen LogP contribution < -0.4 is 24.9 Å². The lowest BCUT2D eigenvalue weighted by Gasteiger charge is -2.40. The van der Waals surface area contributed by atoms with Gasteiger partial charge in [-0.3, -0.25) is 34.1 Å². The van der Waals surface area contributed by atoms with Crippen LogP contribution in [0.2, 0.25) is 0 Å². The number of aromatic nitrogens is 4. The van der Waals surface area contributed by atoms with E-state index in [2.05, 4.69) is 58.8 Å². The van der Waals surface area contributed by atoms with Crippen molar-refractivity contribution >= 4 is 57.8 Å². The zero-order chi connectivity index (χ0) is 47.8. The number of anilines is 5. The van der Waals surface area contributed by atoms with Crippen molar-refractivity contribution in [2.24, 2.45) is 5.92 Å². The first-order chi connectivity index (χ1) is 34.0. The molecule has 4 amide bonds. The molecule has 18 heteroatoms. The van der Waals surface area contributed by atoms with Crippen molar-refractivity contribution in [3.8, 4) is 11.1 Å². The maximum atomic E-state index is 17.2. The van der Waals surface area contributed by atoms with Gasteiger partial charge in [0.05, 0.1) is 29.6 Å². The molecule has 5 aromatic rings. The summed E-state index contributed by atoms with van der Waals surface area (Å²) < 4.78 is 27.1. The molecule has 1 unspecified atom stereocenters. The van der Waals surface area contributed by atoms with Gasteiger partial charge < -0.3 is 38.5 Å². The number of likely N-dealkylation sites (N-methyl/N-ethyl adjacent to an activating group) is 1. The average molecular weight is 953 g/mol. The minimum Gasteiger partial charge on any atom is -0.381 e. The van der Waals surface area contributed by atoms with Crippen LogP contribution in [0.3, 0.4) is 0 Å². The monoisotopic (exact) mass is 952 g/mol. The van der Waals surface area contributed by atoms with Gasteiger partial charge >= 0.3 is 0 Å². The van der Waals surface area contributed by atoms with E-state index < -0.39 is 6.04 Å². The molecule has 12 rings (SSSR count). The Labute approximate surface area is 406 Å². The number of ether oxygens (including phenoxy) is 1. The Morgan fingerprint density at radius 3 is 2.41 bits per heavy atom. The summed E-state index contributed by atoms with van der Waals surface area (Å²) in [6.45, 7) is 12.2. The topological polar surface area (TPSA) is 147 Å². The highest BCUT2D eigenvalue weighted by molar-refractivity contribution is 6.05. The summed E-state index contributed by atoms with van der Waals surface area (Å²) in [5.41, 5.74) is 9.73. The number of piperazine rings is 1. The number of hydrogen-bond donors (Lipinski definition) is 1. The van der Waals surface area contributed by atoms with Crippen LogP contribution in [0, 0.1) is 11.7 Å². The predicted octanol–water partition coefficient (Wildman–Crippen LogP) is 4.98. The van der Waals surface area contributed by atoms with Gasteiger partial charge in [-0.05, 0) is 73.9 Å². The fourth-order valence-corrected chi connectivity index (χ4v) is 12.2. The van der Waals surface area contributed by atoms with Gasteiger partial charge in [0.25, 0.3) is 5.91 Å². The van der Waals surface area contributed by atoms with Gasteiger partial charge in [-0.1, -0.05) is 0 Å². The summed E-state index contributed by atoms with van der Waals surface area (Å²) in [6.07, 6.45) is 11.1. The number of nitrogens with one attached hydrogen (secondary N) is 1. The fourth-order valence-electron chi connectivity index (χ4n) is 12.2. The molecule has 0 saturated carbocycles. The van der Waals surface area contributed by atoms with E-state index in [-0.39, 0.29) is 41.9 Å². The highest BCUT2D eigenvalue weighted by Crippen LogP contribution is 2.46. The molecule has 70 heavy (non-hydrogen) atoms. The van der Waals surface area contributed by atoms with Crippen LogP contribution in [0.1, 0.15) is 78.7 Å². The molecule has 1 atom stereocenters. The van der Waals surface area contributed by atoms with Crippen LogP contribution in [0.25, 0.3) is 16.8 Å². The number of piperidine rings is 2. The number of halogens is 1. The third kappa shape index (κ3) is 8.01. The quantitative estimate of drug-likeness (QED) is 0.210. The van der Waals surface area contributed by atoms with E-state index in [0.29, 0.717) is 62.9 Å². The molecule has 0 radical (unpaired) electrons. The van der Waals surface area contributed by atoms with Crippen molar-refractivity contribution in [1.82, 2.24) is 39.2 Å². The summed E-state index contributed by atoms with van der Waals surface area (Å²) in [7, 11) is 2.07. The summed E-state index contributed by atoms with van der Waals surface area (Å²) in [5.74, 6) is 0.310. The molecule has 3 aromatic heterocycles. The number of benzene rings is 2. The smallest absolute Gasteiger partial charge is 0.255 e. The Morgan fingerprint density at radius 2 is 1.63 bits per heavy atom. The molecule has 7 aliphatic heterocycles. The third-order valence-corrected chi connectivity index (χ3v) is 16.2. The molecule has 1 N–H and O–H groups in total. The van der Waals surface area contributed by atoms with Crippen LogP contribution >= 0.6 is 0 Å². The van der Waals surface area contributed by atoms with Crippen molar-refractivity contribution in [3.05, 3.63) is 83.2 Å². The number of carbonyl (C=O) groups excluding carboxylic acids is 4. The Hall–Kier alpha value is -6.53. The minimum atomic E-state index is -0.617. The summed E-state index contributed by atoms with van der Waals surface area (Å²) in [4.78, 5) is 70.2. The molecule has 0 spiro atoms. The number of carbonyl (C=O) groups is 4. The number of nitrogens with zero attached hydrogens (tertiary/aromatic N) is 11. The molecule has 366 valence electrons. The van der Waals surface area contributed by atoms with Crippen molar-refractivity contribution in [2.75, 3.05) is 105 Å². The summed E-state index contributed by atoms with van der Waals surface area (Å²) >= 11 is 0. The Balaban J connectivity index is 0.737. The van der Waals surface area contributed by atoms with E-state index >= 15 is 4.39 Å². The predicted molar refractivity (Wildman–Crippen MR) is 263 cm³/mol. The first-order valence-corrected chi connectivity index (χ1v) is 25.3. The van der Waals surface area contributed by atoms with Crippen LogP contribution in [0.4, 0.5) is 33.0 Å². The Kier molecular flexibility index (Phi) is 11.5. The summed E-state index contributed by atoms with van der Waals surface area (Å²) in [5, 5.41) is 7.71. The molecule has 4 saturated heterocycles. The zero-order valence-corrected chi connectivity index (χ0v) is 40.1. The number of imidazole rings is 1. The molecule has 4 fully saturated rings. The lowest BCUT2D eigenvalue weighted by atomic mass is 9.95. The third-order valence-electron chi connectivity index (χ3n) is 16.2. The van der Waals surface area contributed by atoms with Crippen LogP contribution in [-0.2, 0) is 38.6 Å². The van der Waals surface area contributed by atoms with Gasteiger partial charge in [-0.2, -0.15) is 5.10 Å². The van der Waals surface area contributed by atoms with Gasteiger partial charge in [0.1, 0.15) is 17.5 Å². The van der Waals surface area contributed by atoms with E-state index in [4.69, 9.17) is 9.84 Å². The second kappa shape index (κ2) is 18.0. The lowest BCUT2D eigenvalue weighted by molar-refractivity contribution is -0.137. The van der Waals surface area contributed by atoms with Crippen molar-refractivity contribution in [2.45, 2.75) is 77.0 Å². The molecular formula is C52H61FN12O5. The second-order valence-electron chi connectivity index (χ2n) is 20.3. The molecular weight excluding hydrogens is 892 g/mol. The van der Waals surface area contributed by atoms with Crippen LogP contribution in [0.5, 0.6) is 0 Å². The second-order valence-corrected chi connectivity index (χ2v) is 20.3. The van der Waals surface area contributed by atoms with Gasteiger partial charge in [-0.15, -0.1) is 0 Å². The number of imide groups is 1. The maximum Gasteiger partial charge on any atom is 0.255 e. The minimum absolute atomic E-state index is 0.0476. The van der Waals surface area contributed by atoms with E-state index in [9.17, 15) is 19.2 Å². The summed E-state index contributed by atoms with van der Waals surface area (Å²) in [6, 6.07) is 11.4.